The Bertz CT molecular complexity index is 775. The van der Waals surface area contributed by atoms with Crippen LogP contribution >= 0.6 is 0 Å². The molecule has 3 aromatic carbocycles. The minimum absolute atomic E-state index is 0.544. The van der Waals surface area contributed by atoms with Crippen LogP contribution in [-0.4, -0.2) is 0 Å². The molecule has 110 valence electrons. The maximum Gasteiger partial charge on any atom is 0.0320 e. The van der Waals surface area contributed by atoms with Gasteiger partial charge in [-0.15, -0.1) is 0 Å². The molecule has 0 bridgehead atoms. The Hall–Kier alpha value is -2.78. The summed E-state index contributed by atoms with van der Waals surface area (Å²) in [4.78, 5) is 0. The lowest BCUT2D eigenvalue weighted by molar-refractivity contribution is 1.07. The first-order valence-corrected chi connectivity index (χ1v) is 7.22. The van der Waals surface area contributed by atoms with Crippen LogP contribution in [0.25, 0.3) is 22.3 Å². The predicted octanol–water partition coefficient (Wildman–Crippen LogP) is 3.64. The molecule has 0 spiro atoms. The largest absolute Gasteiger partial charge is 0.399 e. The molecule has 0 saturated carbocycles. The fraction of sp³-hybridized carbons (Fsp3) is 0.0526. The highest BCUT2D eigenvalue weighted by Gasteiger charge is 2.08. The highest BCUT2D eigenvalue weighted by Crippen LogP contribution is 2.34. The van der Waals surface area contributed by atoms with Crippen molar-refractivity contribution in [3.8, 4) is 22.3 Å². The molecule has 0 fully saturated rings. The van der Waals surface area contributed by atoms with E-state index in [0.29, 0.717) is 6.54 Å². The fourth-order valence-corrected chi connectivity index (χ4v) is 2.54. The van der Waals surface area contributed by atoms with Gasteiger partial charge in [0.2, 0.25) is 0 Å². The Morgan fingerprint density at radius 2 is 1.14 bits per heavy atom. The van der Waals surface area contributed by atoms with Gasteiger partial charge in [-0.3, -0.25) is 0 Å². The first kappa shape index (κ1) is 14.2. The Morgan fingerprint density at radius 1 is 0.591 bits per heavy atom. The monoisotopic (exact) mass is 289 g/mol. The van der Waals surface area contributed by atoms with Crippen molar-refractivity contribution < 1.29 is 0 Å². The van der Waals surface area contributed by atoms with Gasteiger partial charge in [-0.05, 0) is 52.1 Å². The molecular weight excluding hydrogens is 270 g/mol. The van der Waals surface area contributed by atoms with Crippen molar-refractivity contribution >= 4 is 11.4 Å². The third-order valence-electron chi connectivity index (χ3n) is 3.77. The molecule has 0 amide bonds. The molecule has 0 aliphatic heterocycles. The molecule has 6 N–H and O–H groups in total. The summed E-state index contributed by atoms with van der Waals surface area (Å²) in [5.41, 5.74) is 24.5. The van der Waals surface area contributed by atoms with Crippen molar-refractivity contribution in [2.45, 2.75) is 6.54 Å². The molecule has 0 aliphatic carbocycles. The lowest BCUT2D eigenvalue weighted by Crippen LogP contribution is -1.96. The molecule has 0 unspecified atom stereocenters. The number of nitrogen functional groups attached to an aromatic ring is 2. The van der Waals surface area contributed by atoms with E-state index in [4.69, 9.17) is 17.2 Å². The summed E-state index contributed by atoms with van der Waals surface area (Å²) in [6.45, 7) is 0.544. The first-order chi connectivity index (χ1) is 10.7. The summed E-state index contributed by atoms with van der Waals surface area (Å²) < 4.78 is 0. The van der Waals surface area contributed by atoms with E-state index in [1.165, 1.54) is 0 Å². The summed E-state index contributed by atoms with van der Waals surface area (Å²) in [6.07, 6.45) is 0. The second kappa shape index (κ2) is 5.92. The van der Waals surface area contributed by atoms with Crippen molar-refractivity contribution in [2.24, 2.45) is 5.73 Å². The van der Waals surface area contributed by atoms with Gasteiger partial charge in [-0.1, -0.05) is 42.5 Å². The fourth-order valence-electron chi connectivity index (χ4n) is 2.54. The van der Waals surface area contributed by atoms with Crippen molar-refractivity contribution in [3.05, 3.63) is 72.3 Å². The number of hydrogen-bond donors (Lipinski definition) is 3. The number of hydrogen-bond acceptors (Lipinski definition) is 3. The van der Waals surface area contributed by atoms with Crippen molar-refractivity contribution in [1.82, 2.24) is 0 Å². The van der Waals surface area contributed by atoms with Gasteiger partial charge in [0.1, 0.15) is 0 Å². The maximum atomic E-state index is 5.98. The highest BCUT2D eigenvalue weighted by atomic mass is 14.5. The highest BCUT2D eigenvalue weighted by molar-refractivity contribution is 5.85. The number of rotatable bonds is 3. The van der Waals surface area contributed by atoms with Gasteiger partial charge in [0, 0.05) is 17.9 Å². The summed E-state index contributed by atoms with van der Waals surface area (Å²) in [5.74, 6) is 0. The Balaban J connectivity index is 2.13. The minimum Gasteiger partial charge on any atom is -0.399 e. The van der Waals surface area contributed by atoms with E-state index in [0.717, 1.165) is 39.2 Å². The number of anilines is 2. The van der Waals surface area contributed by atoms with Crippen LogP contribution in [0.5, 0.6) is 0 Å². The standard InChI is InChI=1S/C19H19N3/c20-12-13-1-3-15(4-2-13)19-11-17(22)9-10-18(19)14-5-7-16(21)8-6-14/h1-11H,12,20-22H2. The molecule has 0 heterocycles. The second-order valence-electron chi connectivity index (χ2n) is 5.33. The number of benzene rings is 3. The van der Waals surface area contributed by atoms with E-state index in [1.54, 1.807) is 0 Å². The Kier molecular flexibility index (Phi) is 3.81. The lowest BCUT2D eigenvalue weighted by Gasteiger charge is -2.12. The quantitative estimate of drug-likeness (QED) is 0.644. The van der Waals surface area contributed by atoms with Crippen LogP contribution in [0, 0.1) is 0 Å². The molecule has 0 aliphatic rings. The van der Waals surface area contributed by atoms with Crippen LogP contribution in [0.3, 0.4) is 0 Å². The van der Waals surface area contributed by atoms with Crippen molar-refractivity contribution in [1.29, 1.82) is 0 Å². The summed E-state index contributed by atoms with van der Waals surface area (Å²) in [7, 11) is 0. The third kappa shape index (κ3) is 2.80. The molecule has 0 radical (unpaired) electrons. The summed E-state index contributed by atoms with van der Waals surface area (Å²) in [5, 5.41) is 0. The topological polar surface area (TPSA) is 78.1 Å². The van der Waals surface area contributed by atoms with Gasteiger partial charge < -0.3 is 17.2 Å². The zero-order valence-corrected chi connectivity index (χ0v) is 12.3. The van der Waals surface area contributed by atoms with E-state index in [2.05, 4.69) is 12.1 Å². The molecule has 0 aromatic heterocycles. The molecule has 3 rings (SSSR count). The van der Waals surface area contributed by atoms with E-state index in [9.17, 15) is 0 Å². The smallest absolute Gasteiger partial charge is 0.0320 e. The van der Waals surface area contributed by atoms with E-state index >= 15 is 0 Å². The maximum absolute atomic E-state index is 5.98. The normalized spacial score (nSPS) is 10.6. The van der Waals surface area contributed by atoms with Crippen LogP contribution in [0.1, 0.15) is 5.56 Å². The Labute approximate surface area is 130 Å². The molecule has 3 heteroatoms. The van der Waals surface area contributed by atoms with Crippen molar-refractivity contribution in [3.63, 3.8) is 0 Å². The molecular formula is C19H19N3. The van der Waals surface area contributed by atoms with Crippen LogP contribution in [0.15, 0.2) is 66.7 Å². The second-order valence-corrected chi connectivity index (χ2v) is 5.33. The van der Waals surface area contributed by atoms with E-state index in [1.807, 2.05) is 54.6 Å². The van der Waals surface area contributed by atoms with Crippen molar-refractivity contribution in [2.75, 3.05) is 11.5 Å². The third-order valence-corrected chi connectivity index (χ3v) is 3.77. The van der Waals surface area contributed by atoms with Gasteiger partial charge in [-0.25, -0.2) is 0 Å². The zero-order chi connectivity index (χ0) is 15.5. The molecule has 0 saturated heterocycles. The van der Waals surface area contributed by atoms with Crippen LogP contribution in [0.4, 0.5) is 11.4 Å². The van der Waals surface area contributed by atoms with Gasteiger partial charge in [0.25, 0.3) is 0 Å². The molecule has 3 aromatic rings. The summed E-state index contributed by atoms with van der Waals surface area (Å²) in [6, 6.07) is 22.1. The van der Waals surface area contributed by atoms with Crippen LogP contribution < -0.4 is 17.2 Å². The van der Waals surface area contributed by atoms with Gasteiger partial charge >= 0.3 is 0 Å². The lowest BCUT2D eigenvalue weighted by atomic mass is 9.93. The van der Waals surface area contributed by atoms with Crippen LogP contribution in [0.2, 0.25) is 0 Å². The van der Waals surface area contributed by atoms with E-state index in [-0.39, 0.29) is 0 Å². The first-order valence-electron chi connectivity index (χ1n) is 7.22. The van der Waals surface area contributed by atoms with Gasteiger partial charge in [-0.2, -0.15) is 0 Å². The molecule has 3 nitrogen and oxygen atoms in total. The molecule has 0 atom stereocenters. The zero-order valence-electron chi connectivity index (χ0n) is 12.3. The van der Waals surface area contributed by atoms with E-state index < -0.39 is 0 Å². The van der Waals surface area contributed by atoms with Crippen LogP contribution in [-0.2, 0) is 6.54 Å². The average molecular weight is 289 g/mol. The SMILES string of the molecule is NCc1ccc(-c2cc(N)ccc2-c2ccc(N)cc2)cc1. The molecule has 22 heavy (non-hydrogen) atoms. The van der Waals surface area contributed by atoms with Gasteiger partial charge in [0.15, 0.2) is 0 Å². The van der Waals surface area contributed by atoms with Gasteiger partial charge in [0.05, 0.1) is 0 Å². The summed E-state index contributed by atoms with van der Waals surface area (Å²) >= 11 is 0. The minimum atomic E-state index is 0.544. The average Bonchev–Trinajstić information content (AvgIpc) is 2.56. The predicted molar refractivity (Wildman–Crippen MR) is 94.0 cm³/mol. The number of nitrogens with two attached hydrogens (primary N) is 3. The Morgan fingerprint density at radius 3 is 1.77 bits per heavy atom.